The van der Waals surface area contributed by atoms with E-state index in [0.29, 0.717) is 6.42 Å². The molecule has 1 aliphatic carbocycles. The fourth-order valence-corrected chi connectivity index (χ4v) is 2.78. The van der Waals surface area contributed by atoms with Crippen LogP contribution in [0.3, 0.4) is 0 Å². The van der Waals surface area contributed by atoms with E-state index in [2.05, 4.69) is 15.9 Å². The second-order valence-corrected chi connectivity index (χ2v) is 5.51. The maximum absolute atomic E-state index is 11.4. The number of halogens is 1. The van der Waals surface area contributed by atoms with Crippen LogP contribution in [0, 0.1) is 5.41 Å². The zero-order valence-electron chi connectivity index (χ0n) is 9.08. The Bertz CT molecular complexity index is 377. The molecule has 0 saturated heterocycles. The van der Waals surface area contributed by atoms with E-state index in [-0.39, 0.29) is 0 Å². The minimum absolute atomic E-state index is 0.506. The second kappa shape index (κ2) is 4.58. The number of carboxylic acids is 1. The van der Waals surface area contributed by atoms with E-state index in [1.807, 2.05) is 24.3 Å². The lowest BCUT2D eigenvalue weighted by Gasteiger charge is -2.23. The molecule has 1 aromatic carbocycles. The lowest BCUT2D eigenvalue weighted by molar-refractivity contribution is -0.148. The summed E-state index contributed by atoms with van der Waals surface area (Å²) in [4.78, 5) is 11.4. The van der Waals surface area contributed by atoms with Crippen molar-refractivity contribution in [2.75, 3.05) is 0 Å². The van der Waals surface area contributed by atoms with Crippen molar-refractivity contribution in [1.29, 1.82) is 0 Å². The molecule has 1 aromatic rings. The van der Waals surface area contributed by atoms with Crippen LogP contribution in [0.2, 0.25) is 0 Å². The van der Waals surface area contributed by atoms with Gasteiger partial charge in [-0.3, -0.25) is 4.79 Å². The molecule has 2 nitrogen and oxygen atoms in total. The van der Waals surface area contributed by atoms with Crippen LogP contribution in [0.25, 0.3) is 0 Å². The molecule has 1 fully saturated rings. The summed E-state index contributed by atoms with van der Waals surface area (Å²) >= 11 is 3.38. The van der Waals surface area contributed by atoms with E-state index in [4.69, 9.17) is 0 Å². The van der Waals surface area contributed by atoms with Crippen molar-refractivity contribution in [2.24, 2.45) is 5.41 Å². The summed E-state index contributed by atoms with van der Waals surface area (Å²) in [6.45, 7) is 0. The largest absolute Gasteiger partial charge is 0.481 e. The minimum atomic E-state index is -0.632. The molecule has 1 N–H and O–H groups in total. The highest BCUT2D eigenvalue weighted by Gasteiger charge is 2.41. The molecule has 0 amide bonds. The molecule has 3 heteroatoms. The van der Waals surface area contributed by atoms with Crippen molar-refractivity contribution in [3.8, 4) is 0 Å². The fourth-order valence-electron chi connectivity index (χ4n) is 2.51. The lowest BCUT2D eigenvalue weighted by Crippen LogP contribution is -2.30. The Morgan fingerprint density at radius 2 is 1.81 bits per heavy atom. The van der Waals surface area contributed by atoms with Gasteiger partial charge in [-0.05, 0) is 37.0 Å². The van der Waals surface area contributed by atoms with Crippen molar-refractivity contribution in [3.05, 3.63) is 34.3 Å². The topological polar surface area (TPSA) is 37.3 Å². The first-order valence-electron chi connectivity index (χ1n) is 5.60. The fraction of sp³-hybridized carbons (Fsp3) is 0.462. The van der Waals surface area contributed by atoms with E-state index < -0.39 is 11.4 Å². The number of carboxylic acid groups (broad SMARTS) is 1. The predicted octanol–water partition coefficient (Wildman–Crippen LogP) is 3.64. The number of benzene rings is 1. The predicted molar refractivity (Wildman–Crippen MR) is 66.4 cm³/mol. The maximum Gasteiger partial charge on any atom is 0.309 e. The first-order valence-corrected chi connectivity index (χ1v) is 6.40. The van der Waals surface area contributed by atoms with Crippen LogP contribution in [-0.4, -0.2) is 11.1 Å². The van der Waals surface area contributed by atoms with Gasteiger partial charge in [0.25, 0.3) is 0 Å². The van der Waals surface area contributed by atoms with Crippen molar-refractivity contribution in [1.82, 2.24) is 0 Å². The highest BCUT2D eigenvalue weighted by Crippen LogP contribution is 2.41. The standard InChI is InChI=1S/C13H15BrO2/c14-11-5-3-10(4-6-11)9-13(12(15)16)7-1-2-8-13/h3-6H,1-2,7-9H2,(H,15,16). The van der Waals surface area contributed by atoms with Gasteiger partial charge < -0.3 is 5.11 Å². The number of carbonyl (C=O) groups is 1. The third-order valence-electron chi connectivity index (χ3n) is 3.47. The van der Waals surface area contributed by atoms with E-state index in [9.17, 15) is 9.90 Å². The molecular weight excluding hydrogens is 268 g/mol. The van der Waals surface area contributed by atoms with Crippen LogP contribution in [0.1, 0.15) is 31.2 Å². The van der Waals surface area contributed by atoms with E-state index in [1.54, 1.807) is 0 Å². The van der Waals surface area contributed by atoms with Gasteiger partial charge in [0.2, 0.25) is 0 Å². The van der Waals surface area contributed by atoms with Gasteiger partial charge in [-0.15, -0.1) is 0 Å². The zero-order chi connectivity index (χ0) is 11.6. The van der Waals surface area contributed by atoms with Gasteiger partial charge in [0.15, 0.2) is 0 Å². The van der Waals surface area contributed by atoms with Gasteiger partial charge in [0, 0.05) is 4.47 Å². The molecule has 0 spiro atoms. The Balaban J connectivity index is 2.18. The van der Waals surface area contributed by atoms with Gasteiger partial charge in [-0.25, -0.2) is 0 Å². The first-order chi connectivity index (χ1) is 7.62. The van der Waals surface area contributed by atoms with Gasteiger partial charge in [0.05, 0.1) is 5.41 Å². The van der Waals surface area contributed by atoms with Crippen LogP contribution in [-0.2, 0) is 11.2 Å². The quantitative estimate of drug-likeness (QED) is 0.919. The normalized spacial score (nSPS) is 18.6. The minimum Gasteiger partial charge on any atom is -0.481 e. The van der Waals surface area contributed by atoms with Crippen LogP contribution in [0.15, 0.2) is 28.7 Å². The number of aliphatic carboxylic acids is 1. The van der Waals surface area contributed by atoms with Crippen molar-refractivity contribution < 1.29 is 9.90 Å². The molecule has 1 aliphatic rings. The number of rotatable bonds is 3. The first kappa shape index (κ1) is 11.6. The molecule has 0 aromatic heterocycles. The van der Waals surface area contributed by atoms with Gasteiger partial charge in [-0.2, -0.15) is 0 Å². The smallest absolute Gasteiger partial charge is 0.309 e. The van der Waals surface area contributed by atoms with E-state index in [1.165, 1.54) is 0 Å². The molecule has 86 valence electrons. The number of hydrogen-bond donors (Lipinski definition) is 1. The lowest BCUT2D eigenvalue weighted by atomic mass is 9.80. The second-order valence-electron chi connectivity index (χ2n) is 4.60. The van der Waals surface area contributed by atoms with Gasteiger partial charge in [0.1, 0.15) is 0 Å². The average Bonchev–Trinajstić information content (AvgIpc) is 2.71. The van der Waals surface area contributed by atoms with Crippen molar-refractivity contribution >= 4 is 21.9 Å². The third-order valence-corrected chi connectivity index (χ3v) is 4.00. The maximum atomic E-state index is 11.4. The molecule has 1 saturated carbocycles. The Morgan fingerprint density at radius 1 is 1.25 bits per heavy atom. The molecule has 0 unspecified atom stereocenters. The summed E-state index contributed by atoms with van der Waals surface area (Å²) in [6.07, 6.45) is 4.39. The summed E-state index contributed by atoms with van der Waals surface area (Å²) in [5.74, 6) is -0.632. The summed E-state index contributed by atoms with van der Waals surface area (Å²) in [5.41, 5.74) is 0.612. The third kappa shape index (κ3) is 2.29. The van der Waals surface area contributed by atoms with Crippen molar-refractivity contribution in [3.63, 3.8) is 0 Å². The molecule has 0 heterocycles. The molecular formula is C13H15BrO2. The van der Waals surface area contributed by atoms with Crippen LogP contribution in [0.5, 0.6) is 0 Å². The molecule has 0 radical (unpaired) electrons. The van der Waals surface area contributed by atoms with Crippen LogP contribution in [0.4, 0.5) is 0 Å². The van der Waals surface area contributed by atoms with Crippen LogP contribution >= 0.6 is 15.9 Å². The molecule has 0 bridgehead atoms. The van der Waals surface area contributed by atoms with Crippen molar-refractivity contribution in [2.45, 2.75) is 32.1 Å². The van der Waals surface area contributed by atoms with Gasteiger partial charge in [-0.1, -0.05) is 40.9 Å². The summed E-state index contributed by atoms with van der Waals surface area (Å²) in [6, 6.07) is 7.96. The number of hydrogen-bond acceptors (Lipinski definition) is 1. The Morgan fingerprint density at radius 3 is 2.31 bits per heavy atom. The van der Waals surface area contributed by atoms with Gasteiger partial charge >= 0.3 is 5.97 Å². The van der Waals surface area contributed by atoms with E-state index in [0.717, 1.165) is 35.7 Å². The molecule has 16 heavy (non-hydrogen) atoms. The summed E-state index contributed by atoms with van der Waals surface area (Å²) < 4.78 is 1.03. The Labute approximate surface area is 104 Å². The molecule has 2 rings (SSSR count). The summed E-state index contributed by atoms with van der Waals surface area (Å²) in [5, 5.41) is 9.37. The van der Waals surface area contributed by atoms with E-state index >= 15 is 0 Å². The molecule has 0 aliphatic heterocycles. The highest BCUT2D eigenvalue weighted by atomic mass is 79.9. The molecule has 0 atom stereocenters. The monoisotopic (exact) mass is 282 g/mol. The Hall–Kier alpha value is -0.830. The Kier molecular flexibility index (Phi) is 3.33. The highest BCUT2D eigenvalue weighted by molar-refractivity contribution is 9.10. The summed E-state index contributed by atoms with van der Waals surface area (Å²) in [7, 11) is 0. The SMILES string of the molecule is O=C(O)C1(Cc2ccc(Br)cc2)CCCC1. The average molecular weight is 283 g/mol. The zero-order valence-corrected chi connectivity index (χ0v) is 10.7. The van der Waals surface area contributed by atoms with Crippen LogP contribution < -0.4 is 0 Å².